The lowest BCUT2D eigenvalue weighted by Crippen LogP contribution is -2.34. The molecule has 1 atom stereocenters. The monoisotopic (exact) mass is 311 g/mol. The Labute approximate surface area is 127 Å². The predicted molar refractivity (Wildman–Crippen MR) is 84.7 cm³/mol. The molecule has 2 N–H and O–H groups in total. The Morgan fingerprint density at radius 3 is 2.48 bits per heavy atom. The molecule has 0 amide bonds. The van der Waals surface area contributed by atoms with E-state index < -0.39 is 10.0 Å². The van der Waals surface area contributed by atoms with Gasteiger partial charge < -0.3 is 10.6 Å². The third-order valence-corrected chi connectivity index (χ3v) is 5.97. The average Bonchev–Trinajstić information content (AvgIpc) is 2.96. The highest BCUT2D eigenvalue weighted by atomic mass is 32.2. The van der Waals surface area contributed by atoms with Gasteiger partial charge in [-0.25, -0.2) is 8.42 Å². The summed E-state index contributed by atoms with van der Waals surface area (Å²) in [7, 11) is 0.626. The molecule has 1 fully saturated rings. The molecule has 0 aliphatic carbocycles. The van der Waals surface area contributed by atoms with Gasteiger partial charge in [-0.2, -0.15) is 4.31 Å². The molecule has 0 bridgehead atoms. The van der Waals surface area contributed by atoms with Gasteiger partial charge in [0.15, 0.2) is 0 Å². The first-order chi connectivity index (χ1) is 9.95. The molecule has 1 aromatic carbocycles. The van der Waals surface area contributed by atoms with Gasteiger partial charge in [-0.15, -0.1) is 0 Å². The van der Waals surface area contributed by atoms with Crippen LogP contribution in [-0.2, 0) is 16.4 Å². The van der Waals surface area contributed by atoms with Crippen molar-refractivity contribution in [3.63, 3.8) is 0 Å². The maximum absolute atomic E-state index is 12.6. The maximum Gasteiger partial charge on any atom is 0.243 e. The standard InChI is InChI=1S/C15H25N3O2S/c1-17(2)14-9-11-18(12-14)21(19,20)15-7-5-13(6-8-15)4-3-10-16/h5-8,14H,3-4,9-12,16H2,1-2H3. The lowest BCUT2D eigenvalue weighted by molar-refractivity contribution is 0.302. The van der Waals surface area contributed by atoms with Crippen molar-refractivity contribution < 1.29 is 8.42 Å². The zero-order chi connectivity index (χ0) is 15.5. The first kappa shape index (κ1) is 16.4. The number of nitrogens with two attached hydrogens (primary N) is 1. The van der Waals surface area contributed by atoms with Crippen LogP contribution in [0.25, 0.3) is 0 Å². The van der Waals surface area contributed by atoms with Crippen molar-refractivity contribution in [2.45, 2.75) is 30.2 Å². The highest BCUT2D eigenvalue weighted by Crippen LogP contribution is 2.23. The van der Waals surface area contributed by atoms with Crippen LogP contribution >= 0.6 is 0 Å². The van der Waals surface area contributed by atoms with E-state index in [1.807, 2.05) is 26.2 Å². The van der Waals surface area contributed by atoms with E-state index in [0.29, 0.717) is 30.6 Å². The van der Waals surface area contributed by atoms with E-state index in [9.17, 15) is 8.42 Å². The van der Waals surface area contributed by atoms with Crippen molar-refractivity contribution >= 4 is 10.0 Å². The molecule has 6 heteroatoms. The summed E-state index contributed by atoms with van der Waals surface area (Å²) in [6, 6.07) is 7.52. The summed E-state index contributed by atoms with van der Waals surface area (Å²) < 4.78 is 26.8. The first-order valence-electron chi connectivity index (χ1n) is 7.40. The number of aryl methyl sites for hydroxylation is 1. The number of likely N-dealkylation sites (N-methyl/N-ethyl adjacent to an activating group) is 1. The molecule has 21 heavy (non-hydrogen) atoms. The van der Waals surface area contributed by atoms with Gasteiger partial charge in [0.25, 0.3) is 0 Å². The molecule has 1 saturated heterocycles. The Kier molecular flexibility index (Phi) is 5.37. The molecule has 0 aromatic heterocycles. The smallest absolute Gasteiger partial charge is 0.243 e. The molecule has 0 saturated carbocycles. The van der Waals surface area contributed by atoms with E-state index in [4.69, 9.17) is 5.73 Å². The SMILES string of the molecule is CN(C)C1CCN(S(=O)(=O)c2ccc(CCCN)cc2)C1. The van der Waals surface area contributed by atoms with Gasteiger partial charge >= 0.3 is 0 Å². The quantitative estimate of drug-likeness (QED) is 0.848. The van der Waals surface area contributed by atoms with Gasteiger partial charge in [-0.1, -0.05) is 12.1 Å². The molecular formula is C15H25N3O2S. The molecule has 1 aliphatic heterocycles. The van der Waals surface area contributed by atoms with E-state index in [1.54, 1.807) is 16.4 Å². The third kappa shape index (κ3) is 3.83. The normalized spacial score (nSPS) is 20.3. The fraction of sp³-hybridized carbons (Fsp3) is 0.600. The van der Waals surface area contributed by atoms with Gasteiger partial charge in [-0.3, -0.25) is 0 Å². The average molecular weight is 311 g/mol. The zero-order valence-corrected chi connectivity index (χ0v) is 13.6. The minimum absolute atomic E-state index is 0.309. The zero-order valence-electron chi connectivity index (χ0n) is 12.8. The second-order valence-corrected chi connectivity index (χ2v) is 7.74. The summed E-state index contributed by atoms with van der Waals surface area (Å²) in [6.07, 6.45) is 2.70. The van der Waals surface area contributed by atoms with Gasteiger partial charge in [-0.05, 0) is 57.6 Å². The van der Waals surface area contributed by atoms with Crippen LogP contribution < -0.4 is 5.73 Å². The lowest BCUT2D eigenvalue weighted by Gasteiger charge is -2.20. The molecule has 2 rings (SSSR count). The lowest BCUT2D eigenvalue weighted by atomic mass is 10.1. The van der Waals surface area contributed by atoms with E-state index in [1.165, 1.54) is 0 Å². The van der Waals surface area contributed by atoms with Crippen molar-refractivity contribution in [2.24, 2.45) is 5.73 Å². The van der Waals surface area contributed by atoms with E-state index in [-0.39, 0.29) is 0 Å². The number of sulfonamides is 1. The molecule has 0 radical (unpaired) electrons. The molecule has 0 spiro atoms. The van der Waals surface area contributed by atoms with Crippen molar-refractivity contribution in [1.82, 2.24) is 9.21 Å². The van der Waals surface area contributed by atoms with Crippen molar-refractivity contribution in [3.05, 3.63) is 29.8 Å². The van der Waals surface area contributed by atoms with Gasteiger partial charge in [0.2, 0.25) is 10.0 Å². The Bertz CT molecular complexity index is 555. The van der Waals surface area contributed by atoms with E-state index >= 15 is 0 Å². The first-order valence-corrected chi connectivity index (χ1v) is 8.84. The van der Waals surface area contributed by atoms with E-state index in [2.05, 4.69) is 4.90 Å². The summed E-state index contributed by atoms with van der Waals surface area (Å²) in [5.74, 6) is 0. The second kappa shape index (κ2) is 6.87. The number of rotatable bonds is 6. The van der Waals surface area contributed by atoms with Crippen molar-refractivity contribution in [1.29, 1.82) is 0 Å². The Morgan fingerprint density at radius 2 is 1.95 bits per heavy atom. The Morgan fingerprint density at radius 1 is 1.29 bits per heavy atom. The van der Waals surface area contributed by atoms with Gasteiger partial charge in [0.05, 0.1) is 4.90 Å². The van der Waals surface area contributed by atoms with Gasteiger partial charge in [0.1, 0.15) is 0 Å². The number of benzene rings is 1. The van der Waals surface area contributed by atoms with Crippen LogP contribution in [0.4, 0.5) is 0 Å². The highest BCUT2D eigenvalue weighted by Gasteiger charge is 2.33. The van der Waals surface area contributed by atoms with Crippen LogP contribution in [-0.4, -0.2) is 57.4 Å². The molecule has 1 aliphatic rings. The van der Waals surface area contributed by atoms with E-state index in [0.717, 1.165) is 24.8 Å². The summed E-state index contributed by atoms with van der Waals surface area (Å²) in [5.41, 5.74) is 6.62. The number of nitrogens with zero attached hydrogens (tertiary/aromatic N) is 2. The molecule has 5 nitrogen and oxygen atoms in total. The largest absolute Gasteiger partial charge is 0.330 e. The van der Waals surface area contributed by atoms with Crippen LogP contribution in [0.2, 0.25) is 0 Å². The van der Waals surface area contributed by atoms with Crippen LogP contribution in [0.1, 0.15) is 18.4 Å². The van der Waals surface area contributed by atoms with Gasteiger partial charge in [0, 0.05) is 19.1 Å². The number of hydrogen-bond acceptors (Lipinski definition) is 4. The number of hydrogen-bond donors (Lipinski definition) is 1. The highest BCUT2D eigenvalue weighted by molar-refractivity contribution is 7.89. The van der Waals surface area contributed by atoms with Crippen LogP contribution in [0.3, 0.4) is 0 Å². The third-order valence-electron chi connectivity index (χ3n) is 4.09. The minimum atomic E-state index is -3.36. The predicted octanol–water partition coefficient (Wildman–Crippen LogP) is 0.903. The molecule has 1 unspecified atom stereocenters. The molecular weight excluding hydrogens is 286 g/mol. The summed E-state index contributed by atoms with van der Waals surface area (Å²) in [5, 5.41) is 0. The van der Waals surface area contributed by atoms with Crippen molar-refractivity contribution in [3.8, 4) is 0 Å². The minimum Gasteiger partial charge on any atom is -0.330 e. The molecule has 118 valence electrons. The fourth-order valence-corrected chi connectivity index (χ4v) is 4.13. The maximum atomic E-state index is 12.6. The van der Waals surface area contributed by atoms with Crippen molar-refractivity contribution in [2.75, 3.05) is 33.7 Å². The van der Waals surface area contributed by atoms with Crippen LogP contribution in [0, 0.1) is 0 Å². The Balaban J connectivity index is 2.09. The Hall–Kier alpha value is -0.950. The summed E-state index contributed by atoms with van der Waals surface area (Å²) in [4.78, 5) is 2.48. The molecule has 1 aromatic rings. The fourth-order valence-electron chi connectivity index (χ4n) is 2.63. The topological polar surface area (TPSA) is 66.6 Å². The molecule has 1 heterocycles. The summed E-state index contributed by atoms with van der Waals surface area (Å²) >= 11 is 0. The summed E-state index contributed by atoms with van der Waals surface area (Å²) in [6.45, 7) is 1.82. The second-order valence-electron chi connectivity index (χ2n) is 5.81. The van der Waals surface area contributed by atoms with Crippen LogP contribution in [0.5, 0.6) is 0 Å². The van der Waals surface area contributed by atoms with Crippen LogP contribution in [0.15, 0.2) is 29.2 Å².